The average Bonchev–Trinajstić information content (AvgIpc) is 3.30. The zero-order valence-electron chi connectivity index (χ0n) is 16.0. The lowest BCUT2D eigenvalue weighted by molar-refractivity contribution is 0.0600. The van der Waals surface area contributed by atoms with E-state index in [1.54, 1.807) is 36.7 Å². The number of anilines is 1. The highest BCUT2D eigenvalue weighted by molar-refractivity contribution is 7.13. The molecule has 1 amide bonds. The van der Waals surface area contributed by atoms with Crippen molar-refractivity contribution in [3.8, 4) is 21.8 Å². The number of pyridine rings is 1. The standard InChI is InChI=1S/C23H17N3O3S/c1-29-23(28)17-7-2-6-16(11-17)21(27)25-19-9-3-5-15(12-19)20-14-30-22(26-20)18-8-4-10-24-13-18/h2-14H,1H3,(H,25,27). The van der Waals surface area contributed by atoms with Crippen molar-refractivity contribution in [2.75, 3.05) is 12.4 Å². The number of nitrogens with one attached hydrogen (secondary N) is 1. The molecular formula is C23H17N3O3S. The van der Waals surface area contributed by atoms with E-state index >= 15 is 0 Å². The molecule has 0 saturated heterocycles. The molecule has 0 bridgehead atoms. The minimum atomic E-state index is -0.486. The summed E-state index contributed by atoms with van der Waals surface area (Å²) in [6.07, 6.45) is 3.51. The molecule has 4 rings (SSSR count). The molecule has 4 aromatic rings. The van der Waals surface area contributed by atoms with Crippen LogP contribution in [0.5, 0.6) is 0 Å². The number of rotatable bonds is 5. The van der Waals surface area contributed by atoms with Crippen LogP contribution in [-0.4, -0.2) is 29.0 Å². The zero-order chi connectivity index (χ0) is 20.9. The third-order valence-corrected chi connectivity index (χ3v) is 5.27. The molecule has 0 saturated carbocycles. The summed E-state index contributed by atoms with van der Waals surface area (Å²) >= 11 is 1.54. The zero-order valence-corrected chi connectivity index (χ0v) is 16.8. The predicted octanol–water partition coefficient (Wildman–Crippen LogP) is 4.91. The van der Waals surface area contributed by atoms with Crippen LogP contribution in [0, 0.1) is 0 Å². The van der Waals surface area contributed by atoms with E-state index in [0.29, 0.717) is 16.8 Å². The second-order valence-corrected chi connectivity index (χ2v) is 7.25. The maximum atomic E-state index is 12.6. The van der Waals surface area contributed by atoms with Crippen LogP contribution < -0.4 is 5.32 Å². The Labute approximate surface area is 177 Å². The van der Waals surface area contributed by atoms with E-state index < -0.39 is 5.97 Å². The minimum absolute atomic E-state index is 0.313. The fraction of sp³-hybridized carbons (Fsp3) is 0.0435. The van der Waals surface area contributed by atoms with Gasteiger partial charge in [0.1, 0.15) is 5.01 Å². The molecule has 1 N–H and O–H groups in total. The fourth-order valence-electron chi connectivity index (χ4n) is 2.89. The van der Waals surface area contributed by atoms with Crippen LogP contribution >= 0.6 is 11.3 Å². The molecule has 0 spiro atoms. The number of thiazole rings is 1. The number of amides is 1. The van der Waals surface area contributed by atoms with Crippen molar-refractivity contribution in [3.63, 3.8) is 0 Å². The van der Waals surface area contributed by atoms with Gasteiger partial charge in [-0.1, -0.05) is 18.2 Å². The Kier molecular flexibility index (Phi) is 5.63. The van der Waals surface area contributed by atoms with Crippen molar-refractivity contribution in [2.45, 2.75) is 0 Å². The molecule has 0 atom stereocenters. The van der Waals surface area contributed by atoms with Gasteiger partial charge in [-0.15, -0.1) is 11.3 Å². The Morgan fingerprint density at radius 3 is 2.57 bits per heavy atom. The molecule has 30 heavy (non-hydrogen) atoms. The Balaban J connectivity index is 1.54. The van der Waals surface area contributed by atoms with E-state index in [-0.39, 0.29) is 5.91 Å². The minimum Gasteiger partial charge on any atom is -0.465 e. The summed E-state index contributed by atoms with van der Waals surface area (Å²) in [7, 11) is 1.30. The number of esters is 1. The summed E-state index contributed by atoms with van der Waals surface area (Å²) in [5.41, 5.74) is 4.01. The van der Waals surface area contributed by atoms with Crippen LogP contribution in [0.1, 0.15) is 20.7 Å². The lowest BCUT2D eigenvalue weighted by Crippen LogP contribution is -2.13. The predicted molar refractivity (Wildman–Crippen MR) is 117 cm³/mol. The molecule has 2 aromatic heterocycles. The topological polar surface area (TPSA) is 81.2 Å². The van der Waals surface area contributed by atoms with E-state index in [0.717, 1.165) is 21.8 Å². The molecule has 0 aliphatic rings. The Hall–Kier alpha value is -3.84. The van der Waals surface area contributed by atoms with Gasteiger partial charge in [0.2, 0.25) is 0 Å². The maximum absolute atomic E-state index is 12.6. The van der Waals surface area contributed by atoms with E-state index in [4.69, 9.17) is 4.74 Å². The average molecular weight is 415 g/mol. The number of carbonyl (C=O) groups excluding carboxylic acids is 2. The van der Waals surface area contributed by atoms with Gasteiger partial charge in [-0.2, -0.15) is 0 Å². The van der Waals surface area contributed by atoms with Gasteiger partial charge in [-0.25, -0.2) is 9.78 Å². The van der Waals surface area contributed by atoms with Crippen molar-refractivity contribution in [3.05, 3.63) is 89.6 Å². The molecule has 7 heteroatoms. The summed E-state index contributed by atoms with van der Waals surface area (Å²) in [5, 5.41) is 5.72. The summed E-state index contributed by atoms with van der Waals surface area (Å²) in [6.45, 7) is 0. The van der Waals surface area contributed by atoms with Crippen LogP contribution in [0.4, 0.5) is 5.69 Å². The first-order valence-electron chi connectivity index (χ1n) is 9.10. The normalized spacial score (nSPS) is 10.4. The van der Waals surface area contributed by atoms with Crippen LogP contribution in [-0.2, 0) is 4.74 Å². The number of hydrogen-bond acceptors (Lipinski definition) is 6. The summed E-state index contributed by atoms with van der Waals surface area (Å²) in [5.74, 6) is -0.799. The molecule has 2 heterocycles. The molecule has 148 valence electrons. The number of aromatic nitrogens is 2. The van der Waals surface area contributed by atoms with Gasteiger partial charge < -0.3 is 10.1 Å². The van der Waals surface area contributed by atoms with Gasteiger partial charge in [0.05, 0.1) is 18.4 Å². The first-order chi connectivity index (χ1) is 14.6. The third-order valence-electron chi connectivity index (χ3n) is 4.37. The number of benzene rings is 2. The Morgan fingerprint density at radius 1 is 0.967 bits per heavy atom. The highest BCUT2D eigenvalue weighted by atomic mass is 32.1. The second-order valence-electron chi connectivity index (χ2n) is 6.39. The molecule has 0 aliphatic heterocycles. The third kappa shape index (κ3) is 4.26. The quantitative estimate of drug-likeness (QED) is 0.468. The van der Waals surface area contributed by atoms with E-state index in [1.807, 2.05) is 35.7 Å². The molecule has 0 fully saturated rings. The number of hydrogen-bond donors (Lipinski definition) is 1. The van der Waals surface area contributed by atoms with Gasteiger partial charge in [0.25, 0.3) is 5.91 Å². The first kappa shape index (κ1) is 19.5. The second kappa shape index (κ2) is 8.67. The van der Waals surface area contributed by atoms with Crippen LogP contribution in [0.3, 0.4) is 0 Å². The van der Waals surface area contributed by atoms with Crippen molar-refractivity contribution >= 4 is 28.9 Å². The van der Waals surface area contributed by atoms with Crippen molar-refractivity contribution in [1.82, 2.24) is 9.97 Å². The Morgan fingerprint density at radius 2 is 1.77 bits per heavy atom. The highest BCUT2D eigenvalue weighted by Crippen LogP contribution is 2.29. The molecule has 0 aliphatic carbocycles. The van der Waals surface area contributed by atoms with Gasteiger partial charge in [-0.3, -0.25) is 9.78 Å². The van der Waals surface area contributed by atoms with Gasteiger partial charge in [0.15, 0.2) is 0 Å². The van der Waals surface area contributed by atoms with Crippen molar-refractivity contribution < 1.29 is 14.3 Å². The fourth-order valence-corrected chi connectivity index (χ4v) is 3.71. The van der Waals surface area contributed by atoms with Crippen molar-refractivity contribution in [2.24, 2.45) is 0 Å². The molecule has 6 nitrogen and oxygen atoms in total. The number of carbonyl (C=O) groups is 2. The summed E-state index contributed by atoms with van der Waals surface area (Å²) < 4.78 is 4.71. The monoisotopic (exact) mass is 415 g/mol. The van der Waals surface area contributed by atoms with Crippen LogP contribution in [0.15, 0.2) is 78.4 Å². The van der Waals surface area contributed by atoms with Gasteiger partial charge in [0, 0.05) is 40.2 Å². The molecule has 0 radical (unpaired) electrons. The summed E-state index contributed by atoms with van der Waals surface area (Å²) in [4.78, 5) is 33.1. The number of ether oxygens (including phenoxy) is 1. The van der Waals surface area contributed by atoms with Gasteiger partial charge >= 0.3 is 5.97 Å². The van der Waals surface area contributed by atoms with E-state index in [2.05, 4.69) is 15.3 Å². The van der Waals surface area contributed by atoms with Gasteiger partial charge in [-0.05, 0) is 42.5 Å². The lowest BCUT2D eigenvalue weighted by Gasteiger charge is -2.08. The largest absolute Gasteiger partial charge is 0.465 e. The Bertz CT molecular complexity index is 1210. The SMILES string of the molecule is COC(=O)c1cccc(C(=O)Nc2cccc(-c3csc(-c4cccnc4)n3)c2)c1. The summed E-state index contributed by atoms with van der Waals surface area (Å²) in [6, 6.07) is 17.7. The van der Waals surface area contributed by atoms with E-state index in [1.165, 1.54) is 24.5 Å². The van der Waals surface area contributed by atoms with Crippen LogP contribution in [0.25, 0.3) is 21.8 Å². The molecule has 0 unspecified atom stereocenters. The highest BCUT2D eigenvalue weighted by Gasteiger charge is 2.12. The lowest BCUT2D eigenvalue weighted by atomic mass is 10.1. The maximum Gasteiger partial charge on any atom is 0.337 e. The molecule has 2 aromatic carbocycles. The smallest absolute Gasteiger partial charge is 0.337 e. The number of methoxy groups -OCH3 is 1. The molecular weight excluding hydrogens is 398 g/mol. The van der Waals surface area contributed by atoms with E-state index in [9.17, 15) is 9.59 Å². The van der Waals surface area contributed by atoms with Crippen LogP contribution in [0.2, 0.25) is 0 Å². The number of nitrogens with zero attached hydrogens (tertiary/aromatic N) is 2. The van der Waals surface area contributed by atoms with Crippen molar-refractivity contribution in [1.29, 1.82) is 0 Å². The first-order valence-corrected chi connectivity index (χ1v) is 9.98.